The van der Waals surface area contributed by atoms with E-state index in [2.05, 4.69) is 15.7 Å². The third kappa shape index (κ3) is 3.70. The molecule has 7 nitrogen and oxygen atoms in total. The largest absolute Gasteiger partial charge is 0.376 e. The number of hydrogen-bond acceptors (Lipinski definition) is 3. The molecule has 2 N–H and O–H groups in total. The van der Waals surface area contributed by atoms with Gasteiger partial charge in [-0.2, -0.15) is 0 Å². The molecule has 1 heterocycles. The minimum absolute atomic E-state index is 0.0126. The summed E-state index contributed by atoms with van der Waals surface area (Å²) in [6, 6.07) is 0.0126. The van der Waals surface area contributed by atoms with Crippen LogP contribution < -0.4 is 10.6 Å². The molecule has 15 heavy (non-hydrogen) atoms. The van der Waals surface area contributed by atoms with Gasteiger partial charge < -0.3 is 15.4 Å². The highest BCUT2D eigenvalue weighted by Gasteiger charge is 2.23. The molecule has 2 unspecified atom stereocenters. The second-order valence-corrected chi connectivity index (χ2v) is 3.42. The molecule has 0 amide bonds. The van der Waals surface area contributed by atoms with Gasteiger partial charge in [0.15, 0.2) is 5.03 Å². The highest BCUT2D eigenvalue weighted by atomic mass is 16.7. The summed E-state index contributed by atoms with van der Waals surface area (Å²) in [5.41, 5.74) is 0. The third-order valence-corrected chi connectivity index (χ3v) is 2.31. The Morgan fingerprint density at radius 3 is 2.93 bits per heavy atom. The first kappa shape index (κ1) is 11.7. The number of hydrazone groups is 1. The van der Waals surface area contributed by atoms with E-state index >= 15 is 0 Å². The van der Waals surface area contributed by atoms with E-state index in [9.17, 15) is 10.1 Å². The van der Waals surface area contributed by atoms with Crippen molar-refractivity contribution in [3.63, 3.8) is 0 Å². The fourth-order valence-electron chi connectivity index (χ4n) is 1.54. The lowest BCUT2D eigenvalue weighted by Gasteiger charge is -2.20. The quantitative estimate of drug-likeness (QED) is 0.298. The van der Waals surface area contributed by atoms with Crippen LogP contribution in [-0.4, -0.2) is 36.8 Å². The Labute approximate surface area is 88.0 Å². The van der Waals surface area contributed by atoms with Crippen molar-refractivity contribution in [3.8, 4) is 0 Å². The lowest BCUT2D eigenvalue weighted by Crippen LogP contribution is -2.46. The maximum Gasteiger partial charge on any atom is 0.268 e. The van der Waals surface area contributed by atoms with Gasteiger partial charge in [0.2, 0.25) is 0 Å². The molecule has 0 spiro atoms. The van der Waals surface area contributed by atoms with Crippen LogP contribution in [0.25, 0.3) is 0 Å². The van der Waals surface area contributed by atoms with Gasteiger partial charge in [-0.3, -0.25) is 0 Å². The zero-order valence-corrected chi connectivity index (χ0v) is 8.90. The number of nitrogens with zero attached hydrogens (tertiary/aromatic N) is 2. The van der Waals surface area contributed by atoms with Crippen LogP contribution in [0.4, 0.5) is 0 Å². The van der Waals surface area contributed by atoms with Crippen molar-refractivity contribution < 1.29 is 9.77 Å². The van der Waals surface area contributed by atoms with Crippen LogP contribution >= 0.6 is 0 Å². The number of nitrogens with one attached hydrogen (secondary N) is 2. The fourth-order valence-corrected chi connectivity index (χ4v) is 1.54. The van der Waals surface area contributed by atoms with Crippen LogP contribution in [0.2, 0.25) is 0 Å². The fraction of sp³-hybridized carbons (Fsp3) is 0.875. The Morgan fingerprint density at radius 1 is 1.73 bits per heavy atom. The summed E-state index contributed by atoms with van der Waals surface area (Å²) in [6.07, 6.45) is 2.12. The molecule has 1 aliphatic heterocycles. The van der Waals surface area contributed by atoms with Crippen molar-refractivity contribution in [1.82, 2.24) is 10.6 Å². The molecule has 0 aromatic rings. The number of nitro groups is 1. The average Bonchev–Trinajstić information content (AvgIpc) is 2.68. The summed E-state index contributed by atoms with van der Waals surface area (Å²) in [7, 11) is 1.58. The Morgan fingerprint density at radius 2 is 2.47 bits per heavy atom. The van der Waals surface area contributed by atoms with Crippen molar-refractivity contribution in [2.75, 3.05) is 13.7 Å². The standard InChI is InChI=1S/C8H16N4O3/c1-6(7-4-3-5-15-7)10-8(9-2)11-12(13)14/h6-7H,3-5H2,1-2H3,(H2,9,10,11). The SMILES string of the molecule is CNC(=N[N+](=O)[O-])NC(C)C1CCCO1. The minimum atomic E-state index is -0.735. The topological polar surface area (TPSA) is 88.8 Å². The highest BCUT2D eigenvalue weighted by Crippen LogP contribution is 2.15. The van der Waals surface area contributed by atoms with Crippen LogP contribution in [0.3, 0.4) is 0 Å². The van der Waals surface area contributed by atoms with Gasteiger partial charge in [-0.1, -0.05) is 0 Å². The predicted octanol–water partition coefficient (Wildman–Crippen LogP) is -0.0894. The van der Waals surface area contributed by atoms with Crippen LogP contribution in [0.1, 0.15) is 19.8 Å². The maximum absolute atomic E-state index is 10.2. The molecule has 1 rings (SSSR count). The van der Waals surface area contributed by atoms with Crippen molar-refractivity contribution in [2.24, 2.45) is 5.10 Å². The van der Waals surface area contributed by atoms with Crippen LogP contribution in [-0.2, 0) is 4.74 Å². The minimum Gasteiger partial charge on any atom is -0.376 e. The van der Waals surface area contributed by atoms with Crippen LogP contribution in [0.5, 0.6) is 0 Å². The molecular formula is C8H16N4O3. The van der Waals surface area contributed by atoms with Gasteiger partial charge in [0.1, 0.15) is 5.10 Å². The van der Waals surface area contributed by atoms with Gasteiger partial charge >= 0.3 is 0 Å². The van der Waals surface area contributed by atoms with E-state index in [1.165, 1.54) is 0 Å². The summed E-state index contributed by atoms with van der Waals surface area (Å²) in [5.74, 6) is 0.156. The number of ether oxygens (including phenoxy) is 1. The molecule has 0 bridgehead atoms. The maximum atomic E-state index is 10.2. The van der Waals surface area contributed by atoms with Crippen molar-refractivity contribution >= 4 is 5.96 Å². The van der Waals surface area contributed by atoms with Crippen molar-refractivity contribution in [3.05, 3.63) is 10.1 Å². The molecule has 0 aliphatic carbocycles. The Bertz CT molecular complexity index is 250. The summed E-state index contributed by atoms with van der Waals surface area (Å²) in [6.45, 7) is 2.68. The average molecular weight is 216 g/mol. The van der Waals surface area contributed by atoms with Crippen LogP contribution in [0.15, 0.2) is 5.10 Å². The highest BCUT2D eigenvalue weighted by molar-refractivity contribution is 5.79. The molecule has 0 saturated carbocycles. The van der Waals surface area contributed by atoms with Crippen LogP contribution in [0, 0.1) is 10.1 Å². The van der Waals surface area contributed by atoms with Gasteiger partial charge in [-0.25, -0.2) is 10.1 Å². The summed E-state index contributed by atoms with van der Waals surface area (Å²) in [4.78, 5) is 10.2. The van der Waals surface area contributed by atoms with E-state index in [1.54, 1.807) is 7.05 Å². The Hall–Kier alpha value is -1.37. The zero-order chi connectivity index (χ0) is 11.3. The second-order valence-electron chi connectivity index (χ2n) is 3.42. The summed E-state index contributed by atoms with van der Waals surface area (Å²) >= 11 is 0. The normalized spacial score (nSPS) is 23.6. The lowest BCUT2D eigenvalue weighted by molar-refractivity contribution is -0.485. The van der Waals surface area contributed by atoms with E-state index in [0.717, 1.165) is 19.4 Å². The molecular weight excluding hydrogens is 200 g/mol. The molecule has 0 aromatic heterocycles. The lowest BCUT2D eigenvalue weighted by atomic mass is 10.1. The molecule has 0 aromatic carbocycles. The van der Waals surface area contributed by atoms with Crippen molar-refractivity contribution in [1.29, 1.82) is 0 Å². The summed E-state index contributed by atoms with van der Waals surface area (Å²) < 4.78 is 5.45. The van der Waals surface area contributed by atoms with E-state index in [1.807, 2.05) is 6.92 Å². The molecule has 0 radical (unpaired) electrons. The Balaban J connectivity index is 2.46. The van der Waals surface area contributed by atoms with E-state index < -0.39 is 5.03 Å². The number of guanidine groups is 1. The van der Waals surface area contributed by atoms with Gasteiger partial charge in [-0.05, 0) is 19.8 Å². The second kappa shape index (κ2) is 5.50. The molecule has 7 heteroatoms. The molecule has 1 aliphatic rings. The molecule has 1 fully saturated rings. The monoisotopic (exact) mass is 216 g/mol. The van der Waals surface area contributed by atoms with Gasteiger partial charge in [0.25, 0.3) is 5.96 Å². The molecule has 2 atom stereocenters. The van der Waals surface area contributed by atoms with Gasteiger partial charge in [0.05, 0.1) is 12.1 Å². The first-order valence-electron chi connectivity index (χ1n) is 4.92. The van der Waals surface area contributed by atoms with Gasteiger partial charge in [-0.15, -0.1) is 0 Å². The summed E-state index contributed by atoms with van der Waals surface area (Å²) in [5, 5.41) is 18.2. The third-order valence-electron chi connectivity index (χ3n) is 2.31. The van der Waals surface area contributed by atoms with E-state index in [4.69, 9.17) is 4.74 Å². The molecule has 86 valence electrons. The number of hydrogen-bond donors (Lipinski definition) is 2. The zero-order valence-electron chi connectivity index (χ0n) is 8.90. The Kier molecular flexibility index (Phi) is 4.29. The molecule has 1 saturated heterocycles. The smallest absolute Gasteiger partial charge is 0.268 e. The first-order valence-corrected chi connectivity index (χ1v) is 4.92. The van der Waals surface area contributed by atoms with E-state index in [-0.39, 0.29) is 18.1 Å². The number of rotatable bonds is 3. The van der Waals surface area contributed by atoms with E-state index in [0.29, 0.717) is 0 Å². The van der Waals surface area contributed by atoms with Crippen molar-refractivity contribution in [2.45, 2.75) is 31.9 Å². The van der Waals surface area contributed by atoms with Gasteiger partial charge in [0, 0.05) is 13.7 Å². The predicted molar refractivity (Wildman–Crippen MR) is 55.1 cm³/mol. The first-order chi connectivity index (χ1) is 7.13.